The Kier molecular flexibility index (Phi) is 5.58. The van der Waals surface area contributed by atoms with Crippen molar-refractivity contribution < 1.29 is 22.1 Å². The molecule has 0 saturated heterocycles. The van der Waals surface area contributed by atoms with E-state index >= 15 is 0 Å². The van der Waals surface area contributed by atoms with Crippen LogP contribution in [0.15, 0.2) is 35.2 Å². The lowest BCUT2D eigenvalue weighted by Gasteiger charge is -2.14. The molecule has 0 heterocycles. The van der Waals surface area contributed by atoms with E-state index in [9.17, 15) is 13.2 Å². The van der Waals surface area contributed by atoms with Crippen molar-refractivity contribution in [3.63, 3.8) is 0 Å². The first-order valence-corrected chi connectivity index (χ1v) is 7.07. The van der Waals surface area contributed by atoms with E-state index in [1.54, 1.807) is 18.2 Å². The Balaban J connectivity index is 2.64. The van der Waals surface area contributed by atoms with Gasteiger partial charge in [-0.25, -0.2) is 0 Å². The Bertz CT molecular complexity index is 485. The first-order chi connectivity index (χ1) is 8.45. The summed E-state index contributed by atoms with van der Waals surface area (Å²) < 4.78 is 33.0. The van der Waals surface area contributed by atoms with Gasteiger partial charge in [0.1, 0.15) is 12.7 Å². The maximum absolute atomic E-state index is 11.7. The fourth-order valence-electron chi connectivity index (χ4n) is 1.17. The van der Waals surface area contributed by atoms with Crippen molar-refractivity contribution in [3.05, 3.63) is 30.3 Å². The van der Waals surface area contributed by atoms with Crippen molar-refractivity contribution in [3.8, 4) is 0 Å². The molecule has 0 amide bonds. The Morgan fingerprint density at radius 2 is 1.94 bits per heavy atom. The Hall–Kier alpha value is -1.11. The van der Waals surface area contributed by atoms with Crippen LogP contribution >= 0.6 is 11.6 Å². The number of halogens is 1. The molecular weight excluding hydrogens is 280 g/mol. The first kappa shape index (κ1) is 14.9. The van der Waals surface area contributed by atoms with Gasteiger partial charge in [-0.05, 0) is 12.1 Å². The highest BCUT2D eigenvalue weighted by atomic mass is 35.5. The second-order valence-electron chi connectivity index (χ2n) is 3.44. The highest BCUT2D eigenvalue weighted by Crippen LogP contribution is 2.12. The summed E-state index contributed by atoms with van der Waals surface area (Å²) in [6.45, 7) is 0.908. The van der Waals surface area contributed by atoms with Crippen LogP contribution in [0.2, 0.25) is 0 Å². The van der Waals surface area contributed by atoms with Gasteiger partial charge >= 0.3 is 5.97 Å². The second-order valence-corrected chi connectivity index (χ2v) is 5.36. The zero-order valence-electron chi connectivity index (χ0n) is 9.71. The molecule has 7 heteroatoms. The third-order valence-corrected chi connectivity index (χ3v) is 3.59. The highest BCUT2D eigenvalue weighted by Gasteiger charge is 2.19. The summed E-state index contributed by atoms with van der Waals surface area (Å²) in [7, 11) is -3.85. The van der Waals surface area contributed by atoms with Crippen LogP contribution in [0.5, 0.6) is 0 Å². The molecule has 0 aliphatic rings. The molecule has 0 fully saturated rings. The van der Waals surface area contributed by atoms with Crippen LogP contribution in [-0.2, 0) is 23.8 Å². The lowest BCUT2D eigenvalue weighted by molar-refractivity contribution is -0.146. The number of carbonyl (C=O) groups is 1. The van der Waals surface area contributed by atoms with E-state index in [4.69, 9.17) is 20.5 Å². The standard InChI is InChI=1S/C11H13ClO5S/c1-9(13)17-10(7-12)8-16-18(14,15)11-5-3-2-4-6-11/h2-6,10H,7-8H2,1H3. The number of rotatable bonds is 6. The van der Waals surface area contributed by atoms with Crippen LogP contribution in [-0.4, -0.2) is 33.0 Å². The zero-order valence-corrected chi connectivity index (χ0v) is 11.3. The lowest BCUT2D eigenvalue weighted by atomic mass is 10.4. The third kappa shape index (κ3) is 4.64. The number of hydrogen-bond donors (Lipinski definition) is 0. The minimum absolute atomic E-state index is 0.0378. The number of alkyl halides is 1. The molecule has 1 aromatic rings. The van der Waals surface area contributed by atoms with Crippen molar-refractivity contribution in [2.24, 2.45) is 0 Å². The molecule has 100 valence electrons. The quantitative estimate of drug-likeness (QED) is 0.452. The van der Waals surface area contributed by atoms with Crippen molar-refractivity contribution in [2.75, 3.05) is 12.5 Å². The van der Waals surface area contributed by atoms with Gasteiger partial charge in [-0.2, -0.15) is 8.42 Å². The van der Waals surface area contributed by atoms with Gasteiger partial charge in [-0.1, -0.05) is 18.2 Å². The van der Waals surface area contributed by atoms with Crippen molar-refractivity contribution in [1.82, 2.24) is 0 Å². The summed E-state index contributed by atoms with van der Waals surface area (Å²) in [6, 6.07) is 7.69. The predicted molar refractivity (Wildman–Crippen MR) is 65.9 cm³/mol. The van der Waals surface area contributed by atoms with Crippen LogP contribution in [0.25, 0.3) is 0 Å². The largest absolute Gasteiger partial charge is 0.459 e. The number of benzene rings is 1. The number of esters is 1. The van der Waals surface area contributed by atoms with Gasteiger partial charge in [0.25, 0.3) is 10.1 Å². The minimum Gasteiger partial charge on any atom is -0.459 e. The molecule has 0 bridgehead atoms. The molecular formula is C11H13ClO5S. The van der Waals surface area contributed by atoms with Crippen LogP contribution in [0, 0.1) is 0 Å². The molecule has 0 saturated carbocycles. The summed E-state index contributed by atoms with van der Waals surface area (Å²) in [5.41, 5.74) is 0. The summed E-state index contributed by atoms with van der Waals surface area (Å²) in [5.74, 6) is -0.578. The topological polar surface area (TPSA) is 69.7 Å². The fraction of sp³-hybridized carbons (Fsp3) is 0.364. The van der Waals surface area contributed by atoms with E-state index in [0.717, 1.165) is 0 Å². The maximum Gasteiger partial charge on any atom is 0.303 e. The molecule has 0 aliphatic carbocycles. The summed E-state index contributed by atoms with van der Waals surface area (Å²) in [4.78, 5) is 10.8. The molecule has 1 unspecified atom stereocenters. The molecule has 0 spiro atoms. The second kappa shape index (κ2) is 6.72. The van der Waals surface area contributed by atoms with E-state index in [-0.39, 0.29) is 17.4 Å². The van der Waals surface area contributed by atoms with Gasteiger partial charge in [0, 0.05) is 6.92 Å². The van der Waals surface area contributed by atoms with Gasteiger partial charge in [0.2, 0.25) is 0 Å². The molecule has 1 atom stereocenters. The van der Waals surface area contributed by atoms with Gasteiger partial charge in [-0.3, -0.25) is 8.98 Å². The average molecular weight is 293 g/mol. The molecule has 0 N–H and O–H groups in total. The molecule has 0 aromatic heterocycles. The molecule has 0 aliphatic heterocycles. The Labute approximate surface area is 111 Å². The van der Waals surface area contributed by atoms with Crippen molar-refractivity contribution >= 4 is 27.7 Å². The van der Waals surface area contributed by atoms with Crippen LogP contribution in [0.3, 0.4) is 0 Å². The van der Waals surface area contributed by atoms with Crippen LogP contribution < -0.4 is 0 Å². The van der Waals surface area contributed by atoms with Crippen molar-refractivity contribution in [2.45, 2.75) is 17.9 Å². The van der Waals surface area contributed by atoms with Gasteiger partial charge in [0.15, 0.2) is 0 Å². The van der Waals surface area contributed by atoms with E-state index in [2.05, 4.69) is 0 Å². The average Bonchev–Trinajstić information content (AvgIpc) is 2.35. The fourth-order valence-corrected chi connectivity index (χ4v) is 2.28. The first-order valence-electron chi connectivity index (χ1n) is 5.13. The zero-order chi connectivity index (χ0) is 13.6. The summed E-state index contributed by atoms with van der Waals surface area (Å²) in [5, 5.41) is 0. The summed E-state index contributed by atoms with van der Waals surface area (Å²) >= 11 is 5.53. The maximum atomic E-state index is 11.7. The van der Waals surface area contributed by atoms with E-state index in [1.807, 2.05) is 0 Å². The van der Waals surface area contributed by atoms with E-state index < -0.39 is 22.2 Å². The third-order valence-electron chi connectivity index (χ3n) is 1.95. The summed E-state index contributed by atoms with van der Waals surface area (Å²) in [6.07, 6.45) is -0.789. The van der Waals surface area contributed by atoms with Crippen LogP contribution in [0.4, 0.5) is 0 Å². The number of carbonyl (C=O) groups excluding carboxylic acids is 1. The van der Waals surface area contributed by atoms with Crippen LogP contribution in [0.1, 0.15) is 6.92 Å². The molecule has 1 rings (SSSR count). The Morgan fingerprint density at radius 1 is 1.33 bits per heavy atom. The van der Waals surface area contributed by atoms with Crippen molar-refractivity contribution in [1.29, 1.82) is 0 Å². The molecule has 5 nitrogen and oxygen atoms in total. The lowest BCUT2D eigenvalue weighted by Crippen LogP contribution is -2.25. The Morgan fingerprint density at radius 3 is 2.44 bits per heavy atom. The van der Waals surface area contributed by atoms with Gasteiger partial charge in [-0.15, -0.1) is 11.6 Å². The van der Waals surface area contributed by atoms with E-state index in [0.29, 0.717) is 0 Å². The highest BCUT2D eigenvalue weighted by molar-refractivity contribution is 7.86. The number of ether oxygens (including phenoxy) is 1. The van der Waals surface area contributed by atoms with Gasteiger partial charge in [0.05, 0.1) is 10.8 Å². The van der Waals surface area contributed by atoms with Gasteiger partial charge < -0.3 is 4.74 Å². The number of hydrogen-bond acceptors (Lipinski definition) is 5. The SMILES string of the molecule is CC(=O)OC(CCl)COS(=O)(=O)c1ccccc1. The monoisotopic (exact) mass is 292 g/mol. The predicted octanol–water partition coefficient (Wildman–Crippen LogP) is 1.56. The van der Waals surface area contributed by atoms with E-state index in [1.165, 1.54) is 19.1 Å². The smallest absolute Gasteiger partial charge is 0.303 e. The molecule has 0 radical (unpaired) electrons. The minimum atomic E-state index is -3.85. The normalized spacial score (nSPS) is 13.0. The molecule has 1 aromatic carbocycles. The molecule has 18 heavy (non-hydrogen) atoms.